The van der Waals surface area contributed by atoms with Gasteiger partial charge in [-0.3, -0.25) is 0 Å². The lowest BCUT2D eigenvalue weighted by Gasteiger charge is -2.23. The van der Waals surface area contributed by atoms with Gasteiger partial charge in [0.25, 0.3) is 0 Å². The maximum Gasteiger partial charge on any atom is 0.116 e. The normalized spacial score (nSPS) is 14.8. The van der Waals surface area contributed by atoms with E-state index in [1.165, 1.54) is 53.4 Å². The van der Waals surface area contributed by atoms with Crippen molar-refractivity contribution in [3.05, 3.63) is 77.6 Å². The highest BCUT2D eigenvalue weighted by Gasteiger charge is 2.40. The van der Waals surface area contributed by atoms with Crippen molar-refractivity contribution in [3.8, 4) is 21.7 Å². The molecule has 4 heteroatoms. The second kappa shape index (κ2) is 8.09. The van der Waals surface area contributed by atoms with Gasteiger partial charge in [-0.2, -0.15) is 0 Å². The van der Waals surface area contributed by atoms with Crippen molar-refractivity contribution in [2.24, 2.45) is 5.41 Å². The number of nitrogens with zero attached hydrogens (tertiary/aromatic N) is 2. The zero-order chi connectivity index (χ0) is 26.3. The summed E-state index contributed by atoms with van der Waals surface area (Å²) >= 11 is 1.88. The topological polar surface area (TPSA) is 25.8 Å². The Balaban J connectivity index is 1.59. The highest BCUT2D eigenvalue weighted by atomic mass is 32.1. The summed E-state index contributed by atoms with van der Waals surface area (Å²) in [6, 6.07) is 20.7. The molecule has 0 atom stereocenters. The summed E-state index contributed by atoms with van der Waals surface area (Å²) in [5, 5.41) is 4.17. The minimum Gasteiger partial charge on any atom is -0.235 e. The third kappa shape index (κ3) is 3.97. The Morgan fingerprint density at radius 1 is 0.919 bits per heavy atom. The molecule has 0 bridgehead atoms. The lowest BCUT2D eigenvalue weighted by Crippen LogP contribution is -2.38. The molecule has 188 valence electrons. The molecule has 5 aromatic rings. The van der Waals surface area contributed by atoms with E-state index in [2.05, 4.69) is 109 Å². The van der Waals surface area contributed by atoms with Crippen molar-refractivity contribution in [2.45, 2.75) is 66.1 Å². The summed E-state index contributed by atoms with van der Waals surface area (Å²) in [6.07, 6.45) is 2.85. The largest absolute Gasteiger partial charge is 0.235 e. The summed E-state index contributed by atoms with van der Waals surface area (Å²) in [6.45, 7) is 19.0. The zero-order valence-corrected chi connectivity index (χ0v) is 25.1. The number of thiophene rings is 1. The molecule has 6 rings (SSSR count). The van der Waals surface area contributed by atoms with Gasteiger partial charge in [0.05, 0.1) is 24.0 Å². The monoisotopic (exact) mass is 520 g/mol. The Labute approximate surface area is 225 Å². The van der Waals surface area contributed by atoms with Crippen molar-refractivity contribution in [1.82, 2.24) is 9.97 Å². The van der Waals surface area contributed by atoms with Crippen LogP contribution in [-0.2, 0) is 11.8 Å². The lowest BCUT2D eigenvalue weighted by molar-refractivity contribution is 0.411. The molecule has 0 fully saturated rings. The van der Waals surface area contributed by atoms with Crippen LogP contribution in [0.25, 0.3) is 42.7 Å². The van der Waals surface area contributed by atoms with Gasteiger partial charge in [-0.1, -0.05) is 102 Å². The van der Waals surface area contributed by atoms with Crippen LogP contribution < -0.4 is 5.19 Å². The first-order valence-electron chi connectivity index (χ1n) is 13.3. The van der Waals surface area contributed by atoms with Crippen molar-refractivity contribution >= 4 is 45.6 Å². The van der Waals surface area contributed by atoms with E-state index < -0.39 is 8.07 Å². The first-order valence-corrected chi connectivity index (χ1v) is 17.6. The molecule has 0 N–H and O–H groups in total. The predicted octanol–water partition coefficient (Wildman–Crippen LogP) is 8.95. The van der Waals surface area contributed by atoms with Crippen LogP contribution in [-0.4, -0.2) is 18.0 Å². The van der Waals surface area contributed by atoms with Crippen molar-refractivity contribution in [2.75, 3.05) is 0 Å². The summed E-state index contributed by atoms with van der Waals surface area (Å²) in [4.78, 5) is 11.2. The van der Waals surface area contributed by atoms with E-state index in [-0.39, 0.29) is 10.8 Å². The molecule has 37 heavy (non-hydrogen) atoms. The van der Waals surface area contributed by atoms with E-state index in [1.54, 1.807) is 6.33 Å². The molecular weight excluding hydrogens is 485 g/mol. The number of rotatable bonds is 3. The SMILES string of the molecule is CC(C)(C)Cc1ccc2c(c1)-c1sc3c(-c4cc([Si](C)(C)C)c5ccccc5c4)ncnc3c1C2(C)C. The maximum atomic E-state index is 4.90. The minimum absolute atomic E-state index is 0.0817. The summed E-state index contributed by atoms with van der Waals surface area (Å²) in [5.74, 6) is 0. The van der Waals surface area contributed by atoms with Crippen LogP contribution >= 0.6 is 11.3 Å². The lowest BCUT2D eigenvalue weighted by atomic mass is 9.81. The van der Waals surface area contributed by atoms with Gasteiger partial charge in [0.1, 0.15) is 6.33 Å². The number of fused-ring (bicyclic) bond motifs is 6. The molecule has 0 radical (unpaired) electrons. The fraction of sp³-hybridized carbons (Fsp3) is 0.333. The third-order valence-corrected chi connectivity index (χ3v) is 11.0. The van der Waals surface area contributed by atoms with E-state index in [1.807, 2.05) is 11.3 Å². The molecule has 2 aromatic heterocycles. The quantitative estimate of drug-likeness (QED) is 0.222. The third-order valence-electron chi connectivity index (χ3n) is 7.78. The summed E-state index contributed by atoms with van der Waals surface area (Å²) in [7, 11) is -1.57. The Morgan fingerprint density at radius 3 is 2.41 bits per heavy atom. The van der Waals surface area contributed by atoms with Crippen LogP contribution in [0.1, 0.15) is 51.3 Å². The van der Waals surface area contributed by atoms with Crippen molar-refractivity contribution < 1.29 is 0 Å². The average molecular weight is 521 g/mol. The van der Waals surface area contributed by atoms with Gasteiger partial charge in [0.2, 0.25) is 0 Å². The minimum atomic E-state index is -1.57. The maximum absolute atomic E-state index is 4.90. The molecule has 0 saturated carbocycles. The molecular formula is C33H36N2SSi. The van der Waals surface area contributed by atoms with Crippen LogP contribution in [0.15, 0.2) is 60.9 Å². The van der Waals surface area contributed by atoms with Crippen LogP contribution in [0.2, 0.25) is 19.6 Å². The van der Waals surface area contributed by atoms with E-state index in [0.717, 1.165) is 17.6 Å². The Hall–Kier alpha value is -2.82. The van der Waals surface area contributed by atoms with Gasteiger partial charge in [0, 0.05) is 21.4 Å². The number of hydrogen-bond donors (Lipinski definition) is 0. The number of benzene rings is 3. The van der Waals surface area contributed by atoms with Gasteiger partial charge in [-0.15, -0.1) is 11.3 Å². The van der Waals surface area contributed by atoms with E-state index in [4.69, 9.17) is 9.97 Å². The molecule has 0 unspecified atom stereocenters. The van der Waals surface area contributed by atoms with Crippen LogP contribution in [0.5, 0.6) is 0 Å². The van der Waals surface area contributed by atoms with Crippen molar-refractivity contribution in [3.63, 3.8) is 0 Å². The smallest absolute Gasteiger partial charge is 0.116 e. The molecule has 0 saturated heterocycles. The predicted molar refractivity (Wildman–Crippen MR) is 164 cm³/mol. The van der Waals surface area contributed by atoms with Gasteiger partial charge in [-0.05, 0) is 51.4 Å². The van der Waals surface area contributed by atoms with Gasteiger partial charge in [-0.25, -0.2) is 9.97 Å². The van der Waals surface area contributed by atoms with Gasteiger partial charge < -0.3 is 0 Å². The first kappa shape index (κ1) is 24.5. The standard InChI is InChI=1S/C33H36N2SSi/c1-32(2,3)18-20-13-14-25-24(15-20)30-27(33(25,4)5)29-31(36-30)28(34-19-35-29)22-16-21-11-9-10-12-23(21)26(17-22)37(6,7)8/h9-17,19H,18H2,1-8H3. The van der Waals surface area contributed by atoms with Crippen LogP contribution in [0, 0.1) is 5.41 Å². The van der Waals surface area contributed by atoms with E-state index >= 15 is 0 Å². The fourth-order valence-corrected chi connectivity index (χ4v) is 9.21. The molecule has 2 heterocycles. The van der Waals surface area contributed by atoms with E-state index in [9.17, 15) is 0 Å². The van der Waals surface area contributed by atoms with Crippen LogP contribution in [0.4, 0.5) is 0 Å². The van der Waals surface area contributed by atoms with Gasteiger partial charge >= 0.3 is 0 Å². The highest BCUT2D eigenvalue weighted by Crippen LogP contribution is 2.56. The highest BCUT2D eigenvalue weighted by molar-refractivity contribution is 7.23. The Morgan fingerprint density at radius 2 is 1.68 bits per heavy atom. The molecule has 2 nitrogen and oxygen atoms in total. The van der Waals surface area contributed by atoms with E-state index in [0.29, 0.717) is 0 Å². The van der Waals surface area contributed by atoms with Gasteiger partial charge in [0.15, 0.2) is 0 Å². The summed E-state index contributed by atoms with van der Waals surface area (Å²) in [5.41, 5.74) is 9.15. The molecule has 0 spiro atoms. The number of hydrogen-bond acceptors (Lipinski definition) is 3. The second-order valence-electron chi connectivity index (χ2n) is 13.4. The molecule has 1 aliphatic carbocycles. The zero-order valence-electron chi connectivity index (χ0n) is 23.3. The number of aromatic nitrogens is 2. The second-order valence-corrected chi connectivity index (χ2v) is 19.5. The summed E-state index contributed by atoms with van der Waals surface area (Å²) < 4.78 is 1.21. The molecule has 0 aliphatic heterocycles. The molecule has 3 aromatic carbocycles. The average Bonchev–Trinajstić information content (AvgIpc) is 3.31. The Kier molecular flexibility index (Phi) is 5.36. The Bertz CT molecular complexity index is 1700. The molecule has 0 amide bonds. The molecule has 1 aliphatic rings. The first-order chi connectivity index (χ1) is 17.3. The van der Waals surface area contributed by atoms with Crippen molar-refractivity contribution in [1.29, 1.82) is 0 Å². The fourth-order valence-electron chi connectivity index (χ4n) is 6.13. The van der Waals surface area contributed by atoms with Crippen LogP contribution in [0.3, 0.4) is 0 Å².